The number of rotatable bonds is 4. The standard InChI is InChI=1S/C16H21N3O6S/c1-17-15(20)9-26(22,23)12-4-6-19(7-5-12)16(21)18-11-2-3-13-14(8-11)25-10-24-13/h2-3,8,12H,4-7,9-10H2,1H3,(H,17,20)(H,18,21). The van der Waals surface area contributed by atoms with E-state index in [0.717, 1.165) is 0 Å². The number of ether oxygens (including phenoxy) is 2. The minimum Gasteiger partial charge on any atom is -0.454 e. The Hall–Kier alpha value is -2.49. The van der Waals surface area contributed by atoms with Gasteiger partial charge in [-0.05, 0) is 25.0 Å². The van der Waals surface area contributed by atoms with E-state index in [4.69, 9.17) is 9.47 Å². The number of sulfone groups is 1. The summed E-state index contributed by atoms with van der Waals surface area (Å²) in [4.78, 5) is 25.3. The first-order chi connectivity index (χ1) is 12.4. The molecule has 2 N–H and O–H groups in total. The summed E-state index contributed by atoms with van der Waals surface area (Å²) in [5.74, 6) is 0.164. The molecule has 0 atom stereocenters. The Bertz CT molecular complexity index is 802. The minimum atomic E-state index is -3.51. The minimum absolute atomic E-state index is 0.158. The summed E-state index contributed by atoms with van der Waals surface area (Å²) < 4.78 is 34.9. The van der Waals surface area contributed by atoms with E-state index in [1.54, 1.807) is 23.1 Å². The summed E-state index contributed by atoms with van der Waals surface area (Å²) in [6.07, 6.45) is 0.627. The van der Waals surface area contributed by atoms with Crippen LogP contribution in [0.4, 0.5) is 10.5 Å². The molecule has 2 aliphatic rings. The summed E-state index contributed by atoms with van der Waals surface area (Å²) in [5.41, 5.74) is 0.577. The zero-order valence-electron chi connectivity index (χ0n) is 14.4. The lowest BCUT2D eigenvalue weighted by molar-refractivity contribution is -0.118. The third-order valence-corrected chi connectivity index (χ3v) is 6.62. The molecule has 0 bridgehead atoms. The number of carbonyl (C=O) groups excluding carboxylic acids is 2. The smallest absolute Gasteiger partial charge is 0.321 e. The van der Waals surface area contributed by atoms with Crippen LogP contribution < -0.4 is 20.1 Å². The Morgan fingerprint density at radius 1 is 1.19 bits per heavy atom. The van der Waals surface area contributed by atoms with Crippen molar-refractivity contribution in [2.75, 3.05) is 38.0 Å². The van der Waals surface area contributed by atoms with Crippen LogP contribution in [0.2, 0.25) is 0 Å². The third kappa shape index (κ3) is 4.01. The van der Waals surface area contributed by atoms with Crippen molar-refractivity contribution in [3.8, 4) is 11.5 Å². The highest BCUT2D eigenvalue weighted by Gasteiger charge is 2.32. The lowest BCUT2D eigenvalue weighted by atomic mass is 10.1. The van der Waals surface area contributed by atoms with Gasteiger partial charge in [0.1, 0.15) is 5.75 Å². The zero-order valence-corrected chi connectivity index (χ0v) is 15.2. The molecule has 1 aromatic rings. The van der Waals surface area contributed by atoms with E-state index in [0.29, 0.717) is 43.1 Å². The monoisotopic (exact) mass is 383 g/mol. The molecule has 0 aromatic heterocycles. The van der Waals surface area contributed by atoms with E-state index >= 15 is 0 Å². The predicted molar refractivity (Wildman–Crippen MR) is 94.0 cm³/mol. The van der Waals surface area contributed by atoms with Crippen molar-refractivity contribution in [3.05, 3.63) is 18.2 Å². The van der Waals surface area contributed by atoms with E-state index in [2.05, 4.69) is 10.6 Å². The first-order valence-electron chi connectivity index (χ1n) is 8.27. The molecule has 9 nitrogen and oxygen atoms in total. The first-order valence-corrected chi connectivity index (χ1v) is 9.98. The van der Waals surface area contributed by atoms with Gasteiger partial charge in [-0.2, -0.15) is 0 Å². The van der Waals surface area contributed by atoms with Crippen LogP contribution in [-0.4, -0.2) is 63.2 Å². The van der Waals surface area contributed by atoms with Crippen LogP contribution in [0.15, 0.2) is 18.2 Å². The van der Waals surface area contributed by atoms with Crippen molar-refractivity contribution in [1.29, 1.82) is 0 Å². The van der Waals surface area contributed by atoms with Gasteiger partial charge in [0.15, 0.2) is 21.3 Å². The van der Waals surface area contributed by atoms with Gasteiger partial charge in [0.25, 0.3) is 0 Å². The van der Waals surface area contributed by atoms with Crippen LogP contribution in [0.5, 0.6) is 11.5 Å². The number of likely N-dealkylation sites (tertiary alicyclic amines) is 1. The molecular weight excluding hydrogens is 362 g/mol. The summed E-state index contributed by atoms with van der Waals surface area (Å²) in [7, 11) is -2.11. The Labute approximate surface area is 151 Å². The second kappa shape index (κ2) is 7.40. The summed E-state index contributed by atoms with van der Waals surface area (Å²) in [6.45, 7) is 0.785. The fraction of sp³-hybridized carbons (Fsp3) is 0.500. The van der Waals surface area contributed by atoms with Crippen molar-refractivity contribution in [2.45, 2.75) is 18.1 Å². The summed E-state index contributed by atoms with van der Waals surface area (Å²) in [5, 5.41) is 4.49. The van der Waals surface area contributed by atoms with Crippen LogP contribution in [0.3, 0.4) is 0 Å². The lowest BCUT2D eigenvalue weighted by Crippen LogP contribution is -2.45. The molecule has 0 radical (unpaired) electrons. The average Bonchev–Trinajstić information content (AvgIpc) is 3.09. The molecule has 3 rings (SSSR count). The van der Waals surface area contributed by atoms with E-state index in [-0.39, 0.29) is 12.8 Å². The maximum absolute atomic E-state index is 12.4. The summed E-state index contributed by atoms with van der Waals surface area (Å²) in [6, 6.07) is 4.81. The molecule has 0 unspecified atom stereocenters. The fourth-order valence-corrected chi connectivity index (χ4v) is 4.64. The van der Waals surface area contributed by atoms with Gasteiger partial charge in [-0.1, -0.05) is 0 Å². The third-order valence-electron chi connectivity index (χ3n) is 4.47. The van der Waals surface area contributed by atoms with Gasteiger partial charge >= 0.3 is 6.03 Å². The highest BCUT2D eigenvalue weighted by molar-refractivity contribution is 7.92. The molecule has 26 heavy (non-hydrogen) atoms. The van der Waals surface area contributed by atoms with Gasteiger partial charge in [0, 0.05) is 31.9 Å². The molecule has 2 aliphatic heterocycles. The number of fused-ring (bicyclic) bond motifs is 1. The van der Waals surface area contributed by atoms with Gasteiger partial charge in [0.05, 0.1) is 5.25 Å². The normalized spacial score (nSPS) is 17.0. The largest absolute Gasteiger partial charge is 0.454 e. The molecule has 1 aromatic carbocycles. The van der Waals surface area contributed by atoms with Gasteiger partial charge < -0.3 is 25.0 Å². The topological polar surface area (TPSA) is 114 Å². The van der Waals surface area contributed by atoms with Gasteiger partial charge in [-0.3, -0.25) is 4.79 Å². The Morgan fingerprint density at radius 2 is 1.88 bits per heavy atom. The number of carbonyl (C=O) groups is 2. The SMILES string of the molecule is CNC(=O)CS(=O)(=O)C1CCN(C(=O)Nc2ccc3c(c2)OCO3)CC1. The van der Waals surface area contributed by atoms with Crippen molar-refractivity contribution in [2.24, 2.45) is 0 Å². The van der Waals surface area contributed by atoms with Crippen LogP contribution in [0.1, 0.15) is 12.8 Å². The quantitative estimate of drug-likeness (QED) is 0.786. The fourth-order valence-electron chi connectivity index (χ4n) is 2.97. The Balaban J connectivity index is 1.54. The number of urea groups is 1. The number of piperidine rings is 1. The molecule has 1 saturated heterocycles. The van der Waals surface area contributed by atoms with E-state index < -0.39 is 26.7 Å². The zero-order chi connectivity index (χ0) is 18.7. The van der Waals surface area contributed by atoms with Crippen LogP contribution in [-0.2, 0) is 14.6 Å². The molecular formula is C16H21N3O6S. The molecule has 0 saturated carbocycles. The van der Waals surface area contributed by atoms with Gasteiger partial charge in [0.2, 0.25) is 12.7 Å². The molecule has 142 valence electrons. The number of hydrogen-bond donors (Lipinski definition) is 2. The second-order valence-corrected chi connectivity index (χ2v) is 8.45. The van der Waals surface area contributed by atoms with E-state index in [9.17, 15) is 18.0 Å². The molecule has 0 spiro atoms. The Morgan fingerprint density at radius 3 is 2.58 bits per heavy atom. The Kier molecular flexibility index (Phi) is 5.21. The average molecular weight is 383 g/mol. The van der Waals surface area contributed by atoms with Crippen LogP contribution in [0, 0.1) is 0 Å². The summed E-state index contributed by atoms with van der Waals surface area (Å²) >= 11 is 0. The van der Waals surface area contributed by atoms with Crippen LogP contribution in [0.25, 0.3) is 0 Å². The van der Waals surface area contributed by atoms with E-state index in [1.807, 2.05) is 0 Å². The van der Waals surface area contributed by atoms with Crippen molar-refractivity contribution >= 4 is 27.5 Å². The van der Waals surface area contributed by atoms with Gasteiger partial charge in [-0.15, -0.1) is 0 Å². The number of hydrogen-bond acceptors (Lipinski definition) is 6. The van der Waals surface area contributed by atoms with Crippen molar-refractivity contribution in [3.63, 3.8) is 0 Å². The van der Waals surface area contributed by atoms with Crippen molar-refractivity contribution < 1.29 is 27.5 Å². The number of benzene rings is 1. The number of nitrogens with one attached hydrogen (secondary N) is 2. The maximum atomic E-state index is 12.4. The first kappa shape index (κ1) is 18.3. The molecule has 2 heterocycles. The van der Waals surface area contributed by atoms with E-state index in [1.165, 1.54) is 7.05 Å². The van der Waals surface area contributed by atoms with Crippen molar-refractivity contribution in [1.82, 2.24) is 10.2 Å². The maximum Gasteiger partial charge on any atom is 0.321 e. The second-order valence-electron chi connectivity index (χ2n) is 6.16. The lowest BCUT2D eigenvalue weighted by Gasteiger charge is -2.31. The number of nitrogens with zero attached hydrogens (tertiary/aromatic N) is 1. The number of anilines is 1. The highest BCUT2D eigenvalue weighted by atomic mass is 32.2. The molecule has 0 aliphatic carbocycles. The molecule has 10 heteroatoms. The molecule has 3 amide bonds. The van der Waals surface area contributed by atoms with Crippen LogP contribution >= 0.6 is 0 Å². The molecule has 1 fully saturated rings. The predicted octanol–water partition coefficient (Wildman–Crippen LogP) is 0.572. The number of amides is 3. The highest BCUT2D eigenvalue weighted by Crippen LogP contribution is 2.34. The van der Waals surface area contributed by atoms with Gasteiger partial charge in [-0.25, -0.2) is 13.2 Å².